The van der Waals surface area contributed by atoms with E-state index in [-0.39, 0.29) is 13.2 Å². The Balaban J connectivity index is 2.14. The molecule has 2 aromatic rings. The van der Waals surface area contributed by atoms with Gasteiger partial charge in [0, 0.05) is 16.3 Å². The zero-order chi connectivity index (χ0) is 15.5. The van der Waals surface area contributed by atoms with Gasteiger partial charge < -0.3 is 5.11 Å². The first-order valence-corrected chi connectivity index (χ1v) is 8.72. The van der Waals surface area contributed by atoms with Crippen LogP contribution in [0.2, 0.25) is 0 Å². The van der Waals surface area contributed by atoms with Gasteiger partial charge in [0.15, 0.2) is 0 Å². The van der Waals surface area contributed by atoms with Crippen molar-refractivity contribution in [2.75, 3.05) is 0 Å². The second-order valence-corrected chi connectivity index (χ2v) is 7.46. The van der Waals surface area contributed by atoms with E-state index in [9.17, 15) is 12.8 Å². The molecule has 7 heteroatoms. The summed E-state index contributed by atoms with van der Waals surface area (Å²) in [7, 11) is -3.91. The second-order valence-electron chi connectivity index (χ2n) is 4.47. The number of thiophene rings is 1. The fourth-order valence-corrected chi connectivity index (χ4v) is 3.86. The van der Waals surface area contributed by atoms with Gasteiger partial charge in [-0.15, -0.1) is 11.3 Å². The maximum Gasteiger partial charge on any atom is 0.243 e. The molecular formula is C14H16FNO3S2. The van der Waals surface area contributed by atoms with Crippen LogP contribution in [0.3, 0.4) is 0 Å². The Morgan fingerprint density at radius 2 is 1.95 bits per heavy atom. The van der Waals surface area contributed by atoms with E-state index in [4.69, 9.17) is 5.11 Å². The van der Waals surface area contributed by atoms with Crippen LogP contribution in [0.25, 0.3) is 0 Å². The number of benzene rings is 1. The van der Waals surface area contributed by atoms with Gasteiger partial charge in [-0.2, -0.15) is 0 Å². The van der Waals surface area contributed by atoms with Crippen LogP contribution in [-0.4, -0.2) is 13.5 Å². The monoisotopic (exact) mass is 329 g/mol. The highest BCUT2D eigenvalue weighted by Gasteiger charge is 2.19. The summed E-state index contributed by atoms with van der Waals surface area (Å²) >= 11 is 1.53. The van der Waals surface area contributed by atoms with E-state index in [1.165, 1.54) is 22.3 Å². The predicted molar refractivity (Wildman–Crippen MR) is 80.0 cm³/mol. The largest absolute Gasteiger partial charge is 0.392 e. The van der Waals surface area contributed by atoms with Crippen molar-refractivity contribution in [3.63, 3.8) is 0 Å². The number of rotatable bonds is 6. The van der Waals surface area contributed by atoms with Gasteiger partial charge in [-0.25, -0.2) is 17.5 Å². The maximum atomic E-state index is 13.8. The molecule has 21 heavy (non-hydrogen) atoms. The minimum absolute atomic E-state index is 0.133. The van der Waals surface area contributed by atoms with E-state index in [0.29, 0.717) is 5.56 Å². The van der Waals surface area contributed by atoms with Crippen molar-refractivity contribution in [1.82, 2.24) is 4.72 Å². The molecule has 2 rings (SSSR count). The summed E-state index contributed by atoms with van der Waals surface area (Å²) in [5.41, 5.74) is 0.331. The number of halogens is 1. The lowest BCUT2D eigenvalue weighted by atomic mass is 10.2. The van der Waals surface area contributed by atoms with E-state index < -0.39 is 20.7 Å². The molecule has 4 nitrogen and oxygen atoms in total. The van der Waals surface area contributed by atoms with E-state index >= 15 is 0 Å². The molecule has 0 spiro atoms. The minimum Gasteiger partial charge on any atom is -0.392 e. The van der Waals surface area contributed by atoms with Crippen molar-refractivity contribution < 1.29 is 17.9 Å². The molecule has 0 atom stereocenters. The van der Waals surface area contributed by atoms with Crippen molar-refractivity contribution in [3.05, 3.63) is 51.5 Å². The Hall–Kier alpha value is -1.28. The van der Waals surface area contributed by atoms with Gasteiger partial charge in [0.25, 0.3) is 0 Å². The van der Waals surface area contributed by atoms with Crippen molar-refractivity contribution in [3.8, 4) is 0 Å². The standard InChI is InChI=1S/C14H16FNO3S2/c1-2-11-4-5-12(20-11)8-16-21(18,19)14-6-3-10(9-17)7-13(14)15/h3-7,16-17H,2,8-9H2,1H3. The third-order valence-corrected chi connectivity index (χ3v) is 5.63. The molecule has 0 amide bonds. The third kappa shape index (κ3) is 3.88. The first-order chi connectivity index (χ1) is 9.96. The molecule has 0 bridgehead atoms. The highest BCUT2D eigenvalue weighted by Crippen LogP contribution is 2.19. The summed E-state index contributed by atoms with van der Waals surface area (Å²) in [5.74, 6) is -0.866. The van der Waals surface area contributed by atoms with Crippen LogP contribution in [0.4, 0.5) is 4.39 Å². The molecule has 0 radical (unpaired) electrons. The molecule has 1 aromatic heterocycles. The Morgan fingerprint density at radius 1 is 1.24 bits per heavy atom. The van der Waals surface area contributed by atoms with Crippen LogP contribution in [0.5, 0.6) is 0 Å². The minimum atomic E-state index is -3.91. The number of nitrogens with one attached hydrogen (secondary N) is 1. The maximum absolute atomic E-state index is 13.8. The van der Waals surface area contributed by atoms with Crippen LogP contribution >= 0.6 is 11.3 Å². The first-order valence-electron chi connectivity index (χ1n) is 6.43. The van der Waals surface area contributed by atoms with Crippen LogP contribution < -0.4 is 4.72 Å². The van der Waals surface area contributed by atoms with Crippen molar-refractivity contribution in [2.45, 2.75) is 31.4 Å². The van der Waals surface area contributed by atoms with Gasteiger partial charge >= 0.3 is 0 Å². The van der Waals surface area contributed by atoms with Crippen LogP contribution in [0, 0.1) is 5.82 Å². The lowest BCUT2D eigenvalue weighted by Crippen LogP contribution is -2.23. The van der Waals surface area contributed by atoms with Gasteiger partial charge in [-0.3, -0.25) is 0 Å². The van der Waals surface area contributed by atoms with E-state index in [1.807, 2.05) is 19.1 Å². The molecule has 2 N–H and O–H groups in total. The number of aliphatic hydroxyl groups is 1. The normalized spacial score (nSPS) is 11.8. The summed E-state index contributed by atoms with van der Waals surface area (Å²) in [4.78, 5) is 1.64. The number of sulfonamides is 1. The van der Waals surface area contributed by atoms with Gasteiger partial charge in [-0.05, 0) is 36.2 Å². The lowest BCUT2D eigenvalue weighted by molar-refractivity contribution is 0.281. The smallest absolute Gasteiger partial charge is 0.243 e. The fourth-order valence-electron chi connectivity index (χ4n) is 1.81. The van der Waals surface area contributed by atoms with Gasteiger partial charge in [-0.1, -0.05) is 13.0 Å². The number of hydrogen-bond donors (Lipinski definition) is 2. The molecule has 0 aliphatic carbocycles. The molecule has 0 saturated heterocycles. The Bertz CT molecular complexity index is 726. The van der Waals surface area contributed by atoms with Crippen LogP contribution in [0.1, 0.15) is 22.2 Å². The summed E-state index contributed by atoms with van der Waals surface area (Å²) in [6.45, 7) is 1.83. The topological polar surface area (TPSA) is 66.4 Å². The highest BCUT2D eigenvalue weighted by molar-refractivity contribution is 7.89. The molecule has 0 saturated carbocycles. The Morgan fingerprint density at radius 3 is 2.52 bits per heavy atom. The average molecular weight is 329 g/mol. The molecule has 0 aliphatic rings. The molecule has 1 aromatic carbocycles. The Kier molecular flexibility index (Phi) is 5.10. The molecule has 114 valence electrons. The van der Waals surface area contributed by atoms with E-state index in [2.05, 4.69) is 4.72 Å². The lowest BCUT2D eigenvalue weighted by Gasteiger charge is -2.07. The first kappa shape index (κ1) is 16.1. The van der Waals surface area contributed by atoms with Gasteiger partial charge in [0.05, 0.1) is 6.61 Å². The molecule has 1 heterocycles. The summed E-state index contributed by atoms with van der Waals surface area (Å²) < 4.78 is 40.4. The van der Waals surface area contributed by atoms with Gasteiger partial charge in [0.1, 0.15) is 10.7 Å². The average Bonchev–Trinajstić information content (AvgIpc) is 2.93. The number of hydrogen-bond acceptors (Lipinski definition) is 4. The van der Waals surface area contributed by atoms with Crippen LogP contribution in [0.15, 0.2) is 35.2 Å². The molecule has 0 aliphatic heterocycles. The van der Waals surface area contributed by atoms with Crippen LogP contribution in [-0.2, 0) is 29.6 Å². The zero-order valence-corrected chi connectivity index (χ0v) is 13.1. The molecule has 0 unspecified atom stereocenters. The number of aryl methyl sites for hydroxylation is 1. The summed E-state index contributed by atoms with van der Waals surface area (Å²) in [5, 5.41) is 8.90. The van der Waals surface area contributed by atoms with Crippen molar-refractivity contribution >= 4 is 21.4 Å². The second kappa shape index (κ2) is 6.65. The predicted octanol–water partition coefficient (Wildman–Crippen LogP) is 2.42. The highest BCUT2D eigenvalue weighted by atomic mass is 32.2. The third-order valence-electron chi connectivity index (χ3n) is 2.97. The van der Waals surface area contributed by atoms with Gasteiger partial charge in [0.2, 0.25) is 10.0 Å². The molecular weight excluding hydrogens is 313 g/mol. The zero-order valence-electron chi connectivity index (χ0n) is 11.5. The fraction of sp³-hybridized carbons (Fsp3) is 0.286. The van der Waals surface area contributed by atoms with Crippen molar-refractivity contribution in [1.29, 1.82) is 0 Å². The quantitative estimate of drug-likeness (QED) is 0.855. The molecule has 0 fully saturated rings. The summed E-state index contributed by atoms with van der Waals surface area (Å²) in [6.07, 6.45) is 0.897. The van der Waals surface area contributed by atoms with E-state index in [1.54, 1.807) is 0 Å². The van der Waals surface area contributed by atoms with Crippen molar-refractivity contribution in [2.24, 2.45) is 0 Å². The SMILES string of the molecule is CCc1ccc(CNS(=O)(=O)c2ccc(CO)cc2F)s1. The summed E-state index contributed by atoms with van der Waals surface area (Å²) in [6, 6.07) is 7.38. The Labute approximate surface area is 127 Å². The van der Waals surface area contributed by atoms with E-state index in [0.717, 1.165) is 23.4 Å². The number of aliphatic hydroxyl groups excluding tert-OH is 1.